The molecular formula is C14H13BrN4S. The van der Waals surface area contributed by atoms with Crippen molar-refractivity contribution < 1.29 is 0 Å². The van der Waals surface area contributed by atoms with Crippen LogP contribution >= 0.6 is 27.7 Å². The first-order valence-electron chi connectivity index (χ1n) is 6.20. The van der Waals surface area contributed by atoms with Crippen molar-refractivity contribution in [2.45, 2.75) is 24.8 Å². The lowest BCUT2D eigenvalue weighted by molar-refractivity contribution is 0.931. The van der Waals surface area contributed by atoms with Gasteiger partial charge in [-0.3, -0.25) is 4.40 Å². The predicted octanol–water partition coefficient (Wildman–Crippen LogP) is 3.80. The van der Waals surface area contributed by atoms with Crippen molar-refractivity contribution >= 4 is 33.3 Å². The van der Waals surface area contributed by atoms with E-state index in [9.17, 15) is 0 Å². The number of rotatable bonds is 3. The van der Waals surface area contributed by atoms with Gasteiger partial charge in [-0.05, 0) is 48.0 Å². The monoisotopic (exact) mass is 348 g/mol. The Balaban J connectivity index is 1.88. The Kier molecular flexibility index (Phi) is 3.76. The molecule has 0 spiro atoms. The van der Waals surface area contributed by atoms with Crippen LogP contribution in [0.15, 0.2) is 40.2 Å². The van der Waals surface area contributed by atoms with Crippen LogP contribution in [0.3, 0.4) is 0 Å². The number of nitrogens with zero attached hydrogens (tertiary/aromatic N) is 4. The van der Waals surface area contributed by atoms with Crippen molar-refractivity contribution in [3.05, 3.63) is 52.1 Å². The number of hydrogen-bond acceptors (Lipinski definition) is 4. The van der Waals surface area contributed by atoms with Gasteiger partial charge in [0.05, 0.1) is 5.69 Å². The molecule has 3 aromatic rings. The average molecular weight is 349 g/mol. The van der Waals surface area contributed by atoms with Crippen LogP contribution in [-0.2, 0) is 5.75 Å². The Hall–Kier alpha value is -1.40. The van der Waals surface area contributed by atoms with E-state index in [0.717, 1.165) is 38.2 Å². The zero-order chi connectivity index (χ0) is 14.1. The molecule has 3 aromatic heterocycles. The van der Waals surface area contributed by atoms with Gasteiger partial charge in [0, 0.05) is 23.3 Å². The van der Waals surface area contributed by atoms with Crippen molar-refractivity contribution in [2.75, 3.05) is 0 Å². The molecule has 0 N–H and O–H groups in total. The smallest absolute Gasteiger partial charge is 0.188 e. The summed E-state index contributed by atoms with van der Waals surface area (Å²) in [5, 5.41) is 0.783. The van der Waals surface area contributed by atoms with E-state index < -0.39 is 0 Å². The molecule has 3 heterocycles. The van der Waals surface area contributed by atoms with Crippen LogP contribution in [0, 0.1) is 13.8 Å². The second-order valence-electron chi connectivity index (χ2n) is 4.48. The van der Waals surface area contributed by atoms with E-state index >= 15 is 0 Å². The van der Waals surface area contributed by atoms with Crippen LogP contribution in [0.4, 0.5) is 0 Å². The second-order valence-corrected chi connectivity index (χ2v) is 6.17. The maximum absolute atomic E-state index is 4.65. The third-order valence-corrected chi connectivity index (χ3v) is 4.64. The molecule has 4 nitrogen and oxygen atoms in total. The fourth-order valence-corrected chi connectivity index (χ4v) is 3.67. The summed E-state index contributed by atoms with van der Waals surface area (Å²) in [5.74, 6) is 0.741. The first-order valence-corrected chi connectivity index (χ1v) is 7.98. The summed E-state index contributed by atoms with van der Waals surface area (Å²) in [4.78, 5) is 13.3. The summed E-state index contributed by atoms with van der Waals surface area (Å²) in [5.41, 5.74) is 4.10. The molecule has 0 bridgehead atoms. The van der Waals surface area contributed by atoms with Crippen molar-refractivity contribution in [1.82, 2.24) is 19.4 Å². The van der Waals surface area contributed by atoms with Crippen LogP contribution in [0.25, 0.3) is 5.65 Å². The predicted molar refractivity (Wildman–Crippen MR) is 84.0 cm³/mol. The van der Waals surface area contributed by atoms with Gasteiger partial charge in [0.25, 0.3) is 0 Å². The fraction of sp³-hybridized carbons (Fsp3) is 0.214. The van der Waals surface area contributed by atoms with Gasteiger partial charge >= 0.3 is 0 Å². The maximum atomic E-state index is 4.65. The number of fused-ring (bicyclic) bond motifs is 1. The van der Waals surface area contributed by atoms with Crippen LogP contribution < -0.4 is 0 Å². The Morgan fingerprint density at radius 3 is 2.80 bits per heavy atom. The minimum atomic E-state index is 0.741. The van der Waals surface area contributed by atoms with Gasteiger partial charge in [-0.2, -0.15) is 0 Å². The summed E-state index contributed by atoms with van der Waals surface area (Å²) in [6.07, 6.45) is 1.79. The molecule has 3 rings (SSSR count). The van der Waals surface area contributed by atoms with E-state index in [4.69, 9.17) is 0 Å². The Bertz CT molecular complexity index is 769. The molecule has 0 fully saturated rings. The molecule has 102 valence electrons. The van der Waals surface area contributed by atoms with Crippen LogP contribution in [-0.4, -0.2) is 19.4 Å². The number of aromatic nitrogens is 4. The van der Waals surface area contributed by atoms with Crippen LogP contribution in [0.2, 0.25) is 0 Å². The van der Waals surface area contributed by atoms with Gasteiger partial charge in [-0.1, -0.05) is 17.8 Å². The van der Waals surface area contributed by atoms with Gasteiger partial charge < -0.3 is 0 Å². The standard InChI is InChI=1S/C14H13BrN4S/c1-9-6-7-16-14(17-9)20-8-11-13(15)19-10(2)4-3-5-12(19)18-11/h3-7H,8H2,1-2H3. The van der Waals surface area contributed by atoms with E-state index in [1.54, 1.807) is 18.0 Å². The van der Waals surface area contributed by atoms with Gasteiger partial charge in [0.2, 0.25) is 0 Å². The molecule has 0 atom stereocenters. The van der Waals surface area contributed by atoms with Gasteiger partial charge in [0.1, 0.15) is 10.3 Å². The van der Waals surface area contributed by atoms with Crippen molar-refractivity contribution in [1.29, 1.82) is 0 Å². The number of thioether (sulfide) groups is 1. The summed E-state index contributed by atoms with van der Waals surface area (Å²) in [6.45, 7) is 4.04. The van der Waals surface area contributed by atoms with Crippen LogP contribution in [0.1, 0.15) is 17.1 Å². The lowest BCUT2D eigenvalue weighted by atomic mass is 10.4. The van der Waals surface area contributed by atoms with Crippen molar-refractivity contribution in [3.8, 4) is 0 Å². The molecule has 0 saturated heterocycles. The summed E-state index contributed by atoms with van der Waals surface area (Å²) < 4.78 is 3.11. The molecular weight excluding hydrogens is 336 g/mol. The summed E-state index contributed by atoms with van der Waals surface area (Å²) in [7, 11) is 0. The Labute approximate surface area is 129 Å². The second kappa shape index (κ2) is 5.54. The molecule has 0 saturated carbocycles. The molecule has 0 aliphatic rings. The zero-order valence-corrected chi connectivity index (χ0v) is 13.6. The van der Waals surface area contributed by atoms with E-state index in [-0.39, 0.29) is 0 Å². The van der Waals surface area contributed by atoms with E-state index in [0.29, 0.717) is 0 Å². The van der Waals surface area contributed by atoms with Crippen molar-refractivity contribution in [2.24, 2.45) is 0 Å². The number of pyridine rings is 1. The molecule has 0 amide bonds. The third kappa shape index (κ3) is 2.58. The fourth-order valence-electron chi connectivity index (χ4n) is 1.98. The summed E-state index contributed by atoms with van der Waals surface area (Å²) in [6, 6.07) is 7.99. The highest BCUT2D eigenvalue weighted by molar-refractivity contribution is 9.10. The lowest BCUT2D eigenvalue weighted by Gasteiger charge is -2.01. The normalized spacial score (nSPS) is 11.2. The topological polar surface area (TPSA) is 43.1 Å². The minimum absolute atomic E-state index is 0.741. The van der Waals surface area contributed by atoms with Crippen LogP contribution in [0.5, 0.6) is 0 Å². The molecule has 0 aromatic carbocycles. The lowest BCUT2D eigenvalue weighted by Crippen LogP contribution is -1.91. The first-order chi connectivity index (χ1) is 9.65. The number of aryl methyl sites for hydroxylation is 2. The molecule has 20 heavy (non-hydrogen) atoms. The van der Waals surface area contributed by atoms with Gasteiger partial charge in [-0.15, -0.1) is 0 Å². The zero-order valence-electron chi connectivity index (χ0n) is 11.2. The number of hydrogen-bond donors (Lipinski definition) is 0. The van der Waals surface area contributed by atoms with Crippen molar-refractivity contribution in [3.63, 3.8) is 0 Å². The largest absolute Gasteiger partial charge is 0.291 e. The van der Waals surface area contributed by atoms with E-state index in [1.165, 1.54) is 0 Å². The highest BCUT2D eigenvalue weighted by Gasteiger charge is 2.11. The average Bonchev–Trinajstić information content (AvgIpc) is 2.75. The molecule has 0 aliphatic heterocycles. The summed E-state index contributed by atoms with van der Waals surface area (Å²) >= 11 is 5.23. The maximum Gasteiger partial charge on any atom is 0.188 e. The minimum Gasteiger partial charge on any atom is -0.291 e. The molecule has 6 heteroatoms. The van der Waals surface area contributed by atoms with Gasteiger partial charge in [0.15, 0.2) is 5.16 Å². The molecule has 0 aliphatic carbocycles. The Morgan fingerprint density at radius 1 is 1.20 bits per heavy atom. The Morgan fingerprint density at radius 2 is 2.05 bits per heavy atom. The van der Waals surface area contributed by atoms with E-state index in [2.05, 4.69) is 48.3 Å². The number of imidazole rings is 1. The quantitative estimate of drug-likeness (QED) is 0.533. The molecule has 0 radical (unpaired) electrons. The first kappa shape index (κ1) is 13.6. The highest BCUT2D eigenvalue weighted by Crippen LogP contribution is 2.26. The molecule has 0 unspecified atom stereocenters. The van der Waals surface area contributed by atoms with Gasteiger partial charge in [-0.25, -0.2) is 15.0 Å². The SMILES string of the molecule is Cc1ccnc(SCc2nc3cccc(C)n3c2Br)n1. The highest BCUT2D eigenvalue weighted by atomic mass is 79.9. The number of halogens is 1. The third-order valence-electron chi connectivity index (χ3n) is 2.96. The van der Waals surface area contributed by atoms with E-state index in [1.807, 2.05) is 25.1 Å².